The van der Waals surface area contributed by atoms with Crippen molar-refractivity contribution in [2.24, 2.45) is 4.99 Å². The van der Waals surface area contributed by atoms with Crippen LogP contribution in [0.3, 0.4) is 0 Å². The van der Waals surface area contributed by atoms with Crippen molar-refractivity contribution in [2.75, 3.05) is 37.1 Å². The van der Waals surface area contributed by atoms with E-state index in [-0.39, 0.29) is 11.6 Å². The standard InChI is InChI=1S/C25H28BrN3O7S3/c1-3-36-24(32)22-16-6-4-5-7-18(16)37-23(22)27-20(30)13-39(33,34)14-21(31)28-25-29(10-11-35-2)17-9-8-15(26)12-19(17)38-25/h8-9,12H,3-7,10-11,13-14H2,1-2H3,(H,27,30). The average Bonchev–Trinajstić information content (AvgIpc) is 3.38. The molecule has 14 heteroatoms. The number of thiazole rings is 1. The first-order valence-corrected chi connectivity index (χ1v) is 16.5. The summed E-state index contributed by atoms with van der Waals surface area (Å²) in [5.41, 5.74) is 1.99. The van der Waals surface area contributed by atoms with Crippen LogP contribution in [0.15, 0.2) is 27.7 Å². The number of carbonyl (C=O) groups excluding carboxylic acids is 3. The van der Waals surface area contributed by atoms with Crippen LogP contribution in [0.2, 0.25) is 0 Å². The molecule has 0 radical (unpaired) electrons. The number of nitrogens with zero attached hydrogens (tertiary/aromatic N) is 2. The Hall–Kier alpha value is -2.39. The van der Waals surface area contributed by atoms with Crippen LogP contribution < -0.4 is 10.1 Å². The smallest absolute Gasteiger partial charge is 0.341 e. The Morgan fingerprint density at radius 1 is 1.15 bits per heavy atom. The van der Waals surface area contributed by atoms with Gasteiger partial charge >= 0.3 is 5.97 Å². The monoisotopic (exact) mass is 657 g/mol. The van der Waals surface area contributed by atoms with Crippen LogP contribution in [0.25, 0.3) is 10.2 Å². The maximum absolute atomic E-state index is 12.8. The molecule has 1 aliphatic rings. The van der Waals surface area contributed by atoms with Gasteiger partial charge in [0.15, 0.2) is 14.6 Å². The zero-order valence-corrected chi connectivity index (χ0v) is 25.5. The van der Waals surface area contributed by atoms with E-state index in [0.29, 0.717) is 29.9 Å². The van der Waals surface area contributed by atoms with Gasteiger partial charge in [-0.2, -0.15) is 4.99 Å². The fraction of sp³-hybridized carbons (Fsp3) is 0.440. The van der Waals surface area contributed by atoms with Crippen molar-refractivity contribution in [1.29, 1.82) is 0 Å². The van der Waals surface area contributed by atoms with Crippen LogP contribution >= 0.6 is 38.6 Å². The summed E-state index contributed by atoms with van der Waals surface area (Å²) >= 11 is 5.95. The number of halogens is 1. The molecular formula is C25H28BrN3O7S3. The molecule has 210 valence electrons. The second-order valence-electron chi connectivity index (χ2n) is 8.86. The lowest BCUT2D eigenvalue weighted by Gasteiger charge is -2.12. The van der Waals surface area contributed by atoms with Gasteiger partial charge in [-0.15, -0.1) is 11.3 Å². The van der Waals surface area contributed by atoms with E-state index in [0.717, 1.165) is 44.4 Å². The van der Waals surface area contributed by atoms with Gasteiger partial charge in [-0.05, 0) is 56.4 Å². The number of sulfone groups is 1. The molecule has 0 atom stereocenters. The summed E-state index contributed by atoms with van der Waals surface area (Å²) in [5.74, 6) is -4.08. The van der Waals surface area contributed by atoms with E-state index in [1.165, 1.54) is 22.7 Å². The Morgan fingerprint density at radius 2 is 1.92 bits per heavy atom. The number of ether oxygens (including phenoxy) is 2. The van der Waals surface area contributed by atoms with Crippen LogP contribution in [0.1, 0.15) is 40.6 Å². The fourth-order valence-electron chi connectivity index (χ4n) is 4.34. The highest BCUT2D eigenvalue weighted by Crippen LogP contribution is 2.38. The molecule has 2 aromatic heterocycles. The molecule has 0 saturated heterocycles. The number of aryl methyl sites for hydroxylation is 1. The minimum absolute atomic E-state index is 0.180. The molecule has 0 saturated carbocycles. The number of esters is 1. The van der Waals surface area contributed by atoms with Gasteiger partial charge in [0.2, 0.25) is 5.91 Å². The number of benzene rings is 1. The molecule has 2 heterocycles. The van der Waals surface area contributed by atoms with E-state index in [4.69, 9.17) is 9.47 Å². The van der Waals surface area contributed by atoms with Crippen molar-refractivity contribution in [3.63, 3.8) is 0 Å². The number of thiophene rings is 1. The summed E-state index contributed by atoms with van der Waals surface area (Å²) in [6.45, 7) is 2.68. The Balaban J connectivity index is 1.51. The Kier molecular flexibility index (Phi) is 9.75. The summed E-state index contributed by atoms with van der Waals surface area (Å²) < 4.78 is 39.4. The lowest BCUT2D eigenvalue weighted by atomic mass is 9.95. The van der Waals surface area contributed by atoms with Gasteiger partial charge in [-0.1, -0.05) is 27.3 Å². The van der Waals surface area contributed by atoms with Crippen LogP contribution in [0.5, 0.6) is 0 Å². The maximum Gasteiger partial charge on any atom is 0.341 e. The third-order valence-corrected chi connectivity index (χ3v) is 10.1. The van der Waals surface area contributed by atoms with Crippen LogP contribution in [-0.4, -0.2) is 62.6 Å². The predicted octanol–water partition coefficient (Wildman–Crippen LogP) is 3.71. The Bertz CT molecular complexity index is 1590. The minimum atomic E-state index is -4.14. The van der Waals surface area contributed by atoms with Crippen molar-refractivity contribution in [1.82, 2.24) is 4.57 Å². The van der Waals surface area contributed by atoms with E-state index < -0.39 is 39.1 Å². The Labute approximate surface area is 242 Å². The van der Waals surface area contributed by atoms with Gasteiger partial charge in [0, 0.05) is 23.0 Å². The van der Waals surface area contributed by atoms with Crippen LogP contribution in [0, 0.1) is 0 Å². The number of amides is 2. The zero-order chi connectivity index (χ0) is 28.2. The first-order chi connectivity index (χ1) is 18.6. The number of nitrogens with one attached hydrogen (secondary N) is 1. The lowest BCUT2D eigenvalue weighted by Crippen LogP contribution is -2.28. The number of anilines is 1. The molecule has 0 aliphatic heterocycles. The molecule has 2 amide bonds. The normalized spacial score (nSPS) is 13.9. The first-order valence-electron chi connectivity index (χ1n) is 12.3. The largest absolute Gasteiger partial charge is 0.462 e. The van der Waals surface area contributed by atoms with Crippen molar-refractivity contribution in [2.45, 2.75) is 39.2 Å². The van der Waals surface area contributed by atoms with Crippen molar-refractivity contribution in [3.8, 4) is 0 Å². The highest BCUT2D eigenvalue weighted by Gasteiger charge is 2.28. The molecule has 1 aliphatic carbocycles. The zero-order valence-electron chi connectivity index (χ0n) is 21.5. The number of fused-ring (bicyclic) bond motifs is 2. The number of aromatic nitrogens is 1. The van der Waals surface area contributed by atoms with Crippen LogP contribution in [0.4, 0.5) is 5.00 Å². The summed E-state index contributed by atoms with van der Waals surface area (Å²) in [6, 6.07) is 5.63. The SMILES string of the molecule is CCOC(=O)c1c(NC(=O)CS(=O)(=O)CC(=O)N=c2sc3cc(Br)ccc3n2CCOC)sc2c1CCCC2. The van der Waals surface area contributed by atoms with E-state index in [2.05, 4.69) is 26.2 Å². The van der Waals surface area contributed by atoms with Gasteiger partial charge < -0.3 is 19.4 Å². The first kappa shape index (κ1) is 29.6. The van der Waals surface area contributed by atoms with E-state index in [9.17, 15) is 22.8 Å². The quantitative estimate of drug-likeness (QED) is 0.329. The van der Waals surface area contributed by atoms with Gasteiger partial charge in [-0.3, -0.25) is 9.59 Å². The van der Waals surface area contributed by atoms with Crippen molar-refractivity contribution < 1.29 is 32.3 Å². The Morgan fingerprint density at radius 3 is 2.67 bits per heavy atom. The molecule has 4 rings (SSSR count). The summed E-state index contributed by atoms with van der Waals surface area (Å²) in [5, 5.41) is 2.86. The lowest BCUT2D eigenvalue weighted by molar-refractivity contribution is -0.115. The second kappa shape index (κ2) is 12.9. The summed E-state index contributed by atoms with van der Waals surface area (Å²) in [6.07, 6.45) is 3.39. The molecule has 1 aromatic carbocycles. The number of rotatable bonds is 10. The van der Waals surface area contributed by atoms with Gasteiger partial charge in [0.1, 0.15) is 16.5 Å². The van der Waals surface area contributed by atoms with Crippen molar-refractivity contribution >= 4 is 81.4 Å². The maximum atomic E-state index is 12.8. The average molecular weight is 659 g/mol. The topological polar surface area (TPSA) is 133 Å². The molecular weight excluding hydrogens is 630 g/mol. The molecule has 0 fully saturated rings. The van der Waals surface area contributed by atoms with Gasteiger partial charge in [0.05, 0.1) is 29.0 Å². The third-order valence-electron chi connectivity index (χ3n) is 5.98. The highest BCUT2D eigenvalue weighted by molar-refractivity contribution is 9.10. The number of methoxy groups -OCH3 is 1. The van der Waals surface area contributed by atoms with Gasteiger partial charge in [0.25, 0.3) is 5.91 Å². The minimum Gasteiger partial charge on any atom is -0.462 e. The molecule has 1 N–H and O–H groups in total. The molecule has 10 nitrogen and oxygen atoms in total. The second-order valence-corrected chi connectivity index (χ2v) is 14.0. The third kappa shape index (κ3) is 7.23. The van der Waals surface area contributed by atoms with Gasteiger partial charge in [-0.25, -0.2) is 13.2 Å². The van der Waals surface area contributed by atoms with E-state index >= 15 is 0 Å². The fourth-order valence-corrected chi connectivity index (χ4v) is 8.28. The molecule has 0 unspecified atom stereocenters. The summed E-state index contributed by atoms with van der Waals surface area (Å²) in [4.78, 5) is 43.4. The number of carbonyl (C=O) groups is 3. The van der Waals surface area contributed by atoms with Crippen LogP contribution in [-0.2, 0) is 48.3 Å². The highest BCUT2D eigenvalue weighted by atomic mass is 79.9. The molecule has 0 bridgehead atoms. The summed E-state index contributed by atoms with van der Waals surface area (Å²) in [7, 11) is -2.57. The molecule has 39 heavy (non-hydrogen) atoms. The van der Waals surface area contributed by atoms with E-state index in [1.54, 1.807) is 18.6 Å². The predicted molar refractivity (Wildman–Crippen MR) is 154 cm³/mol. The van der Waals surface area contributed by atoms with Crippen molar-refractivity contribution in [3.05, 3.63) is 43.5 Å². The molecule has 3 aromatic rings. The van der Waals surface area contributed by atoms with E-state index in [1.807, 2.05) is 18.2 Å². The molecule has 0 spiro atoms. The number of hydrogen-bond acceptors (Lipinski definition) is 9. The number of hydrogen-bond donors (Lipinski definition) is 1.